The zero-order valence-corrected chi connectivity index (χ0v) is 14.0. The standard InChI is InChI=1S/C15H15Br2NO/c1-10-3-4-11(5-15(10)17)9-18-13-6-12(16)7-14(8-13)19-2/h3-8,18H,9H2,1-2H3. The summed E-state index contributed by atoms with van der Waals surface area (Å²) in [4.78, 5) is 0. The van der Waals surface area contributed by atoms with Crippen LogP contribution in [0.1, 0.15) is 11.1 Å². The van der Waals surface area contributed by atoms with Crippen LogP contribution in [-0.4, -0.2) is 7.11 Å². The van der Waals surface area contributed by atoms with Gasteiger partial charge in [-0.2, -0.15) is 0 Å². The van der Waals surface area contributed by atoms with Crippen molar-refractivity contribution in [1.82, 2.24) is 0 Å². The highest BCUT2D eigenvalue weighted by Crippen LogP contribution is 2.25. The molecule has 2 nitrogen and oxygen atoms in total. The van der Waals surface area contributed by atoms with E-state index in [4.69, 9.17) is 4.74 Å². The third kappa shape index (κ3) is 3.98. The summed E-state index contributed by atoms with van der Waals surface area (Å²) < 4.78 is 7.38. The van der Waals surface area contributed by atoms with Gasteiger partial charge < -0.3 is 10.1 Å². The summed E-state index contributed by atoms with van der Waals surface area (Å²) in [6.45, 7) is 2.86. The molecule has 0 aliphatic heterocycles. The normalized spacial score (nSPS) is 10.3. The molecule has 0 aliphatic carbocycles. The Morgan fingerprint density at radius 1 is 1.11 bits per heavy atom. The molecular weight excluding hydrogens is 370 g/mol. The Bertz CT molecular complexity index is 584. The fraction of sp³-hybridized carbons (Fsp3) is 0.200. The maximum Gasteiger partial charge on any atom is 0.122 e. The summed E-state index contributed by atoms with van der Waals surface area (Å²) in [5.74, 6) is 0.835. The second-order valence-electron chi connectivity index (χ2n) is 4.32. The first-order valence-electron chi connectivity index (χ1n) is 5.92. The Morgan fingerprint density at radius 2 is 1.89 bits per heavy atom. The molecule has 19 heavy (non-hydrogen) atoms. The zero-order valence-electron chi connectivity index (χ0n) is 10.8. The van der Waals surface area contributed by atoms with E-state index in [0.29, 0.717) is 0 Å². The Balaban J connectivity index is 2.09. The second-order valence-corrected chi connectivity index (χ2v) is 6.09. The molecule has 0 saturated heterocycles. The molecule has 0 radical (unpaired) electrons. The van der Waals surface area contributed by atoms with Gasteiger partial charge in [-0.25, -0.2) is 0 Å². The summed E-state index contributed by atoms with van der Waals surface area (Å²) >= 11 is 7.03. The fourth-order valence-corrected chi connectivity index (χ4v) is 2.63. The number of rotatable bonds is 4. The highest BCUT2D eigenvalue weighted by Gasteiger charge is 2.01. The van der Waals surface area contributed by atoms with Crippen molar-refractivity contribution in [3.63, 3.8) is 0 Å². The van der Waals surface area contributed by atoms with Gasteiger partial charge >= 0.3 is 0 Å². The molecule has 0 saturated carbocycles. The molecule has 0 atom stereocenters. The minimum atomic E-state index is 0.776. The highest BCUT2D eigenvalue weighted by molar-refractivity contribution is 9.10. The van der Waals surface area contributed by atoms with Crippen molar-refractivity contribution in [2.45, 2.75) is 13.5 Å². The zero-order chi connectivity index (χ0) is 13.8. The van der Waals surface area contributed by atoms with Crippen LogP contribution in [0.3, 0.4) is 0 Å². The Kier molecular flexibility index (Phi) is 4.88. The number of benzene rings is 2. The molecule has 2 rings (SSSR count). The Morgan fingerprint density at radius 3 is 2.58 bits per heavy atom. The van der Waals surface area contributed by atoms with E-state index in [1.165, 1.54) is 11.1 Å². The predicted octanol–water partition coefficient (Wildman–Crippen LogP) is 5.14. The molecule has 0 aromatic heterocycles. The molecule has 2 aromatic rings. The largest absolute Gasteiger partial charge is 0.497 e. The third-order valence-electron chi connectivity index (χ3n) is 2.84. The number of aryl methyl sites for hydroxylation is 1. The molecule has 100 valence electrons. The lowest BCUT2D eigenvalue weighted by atomic mass is 10.1. The summed E-state index contributed by atoms with van der Waals surface area (Å²) in [6.07, 6.45) is 0. The van der Waals surface area contributed by atoms with Crippen molar-refractivity contribution in [2.75, 3.05) is 12.4 Å². The molecule has 4 heteroatoms. The Hall–Kier alpha value is -1.00. The summed E-state index contributed by atoms with van der Waals surface area (Å²) in [5.41, 5.74) is 3.51. The first kappa shape index (κ1) is 14.4. The van der Waals surface area contributed by atoms with Crippen LogP contribution >= 0.6 is 31.9 Å². The number of nitrogens with one attached hydrogen (secondary N) is 1. The number of methoxy groups -OCH3 is 1. The molecule has 2 aromatic carbocycles. The van der Waals surface area contributed by atoms with Crippen LogP contribution in [0, 0.1) is 6.92 Å². The van der Waals surface area contributed by atoms with E-state index in [2.05, 4.69) is 62.3 Å². The number of ether oxygens (including phenoxy) is 1. The third-order valence-corrected chi connectivity index (χ3v) is 4.15. The number of halogens is 2. The van der Waals surface area contributed by atoms with E-state index in [9.17, 15) is 0 Å². The fourth-order valence-electron chi connectivity index (χ4n) is 1.73. The first-order valence-corrected chi connectivity index (χ1v) is 7.50. The molecular formula is C15H15Br2NO. The van der Waals surface area contributed by atoms with Gasteiger partial charge in [0.1, 0.15) is 5.75 Å². The van der Waals surface area contributed by atoms with Crippen molar-refractivity contribution in [3.8, 4) is 5.75 Å². The first-order chi connectivity index (χ1) is 9.08. The summed E-state index contributed by atoms with van der Waals surface area (Å²) in [6, 6.07) is 12.3. The van der Waals surface area contributed by atoms with Crippen molar-refractivity contribution < 1.29 is 4.74 Å². The van der Waals surface area contributed by atoms with Crippen LogP contribution in [0.5, 0.6) is 5.75 Å². The van der Waals surface area contributed by atoms with E-state index in [0.717, 1.165) is 26.9 Å². The molecule has 0 spiro atoms. The topological polar surface area (TPSA) is 21.3 Å². The molecule has 0 aliphatic rings. The highest BCUT2D eigenvalue weighted by atomic mass is 79.9. The van der Waals surface area contributed by atoms with Gasteiger partial charge in [0.25, 0.3) is 0 Å². The van der Waals surface area contributed by atoms with E-state index >= 15 is 0 Å². The van der Waals surface area contributed by atoms with Crippen molar-refractivity contribution >= 4 is 37.5 Å². The van der Waals surface area contributed by atoms with Crippen LogP contribution in [0.25, 0.3) is 0 Å². The maximum atomic E-state index is 5.25. The smallest absolute Gasteiger partial charge is 0.122 e. The van der Waals surface area contributed by atoms with Crippen LogP contribution in [0.15, 0.2) is 45.3 Å². The van der Waals surface area contributed by atoms with Gasteiger partial charge in [-0.3, -0.25) is 0 Å². The van der Waals surface area contributed by atoms with Crippen molar-refractivity contribution in [2.24, 2.45) is 0 Å². The Labute approximate surface area is 130 Å². The average molecular weight is 385 g/mol. The van der Waals surface area contributed by atoms with Gasteiger partial charge in [-0.15, -0.1) is 0 Å². The van der Waals surface area contributed by atoms with Crippen molar-refractivity contribution in [1.29, 1.82) is 0 Å². The minimum Gasteiger partial charge on any atom is -0.497 e. The monoisotopic (exact) mass is 383 g/mol. The SMILES string of the molecule is COc1cc(Br)cc(NCc2ccc(C)c(Br)c2)c1. The van der Waals surface area contributed by atoms with Gasteiger partial charge in [0.15, 0.2) is 0 Å². The molecule has 0 fully saturated rings. The number of hydrogen-bond donors (Lipinski definition) is 1. The molecule has 0 heterocycles. The van der Waals surface area contributed by atoms with Gasteiger partial charge in [-0.1, -0.05) is 44.0 Å². The molecule has 0 bridgehead atoms. The van der Waals surface area contributed by atoms with Crippen molar-refractivity contribution in [3.05, 3.63) is 56.5 Å². The van der Waals surface area contributed by atoms with Gasteiger partial charge in [0.2, 0.25) is 0 Å². The second kappa shape index (κ2) is 6.44. The van der Waals surface area contributed by atoms with Crippen LogP contribution in [-0.2, 0) is 6.54 Å². The molecule has 1 N–H and O–H groups in total. The minimum absolute atomic E-state index is 0.776. The van der Waals surface area contributed by atoms with Gasteiger partial charge in [-0.05, 0) is 36.2 Å². The van der Waals surface area contributed by atoms with E-state index in [-0.39, 0.29) is 0 Å². The molecule has 0 amide bonds. The van der Waals surface area contributed by atoms with Crippen LogP contribution < -0.4 is 10.1 Å². The van der Waals surface area contributed by atoms with Crippen LogP contribution in [0.2, 0.25) is 0 Å². The van der Waals surface area contributed by atoms with Gasteiger partial charge in [0.05, 0.1) is 7.11 Å². The average Bonchev–Trinajstić information content (AvgIpc) is 2.39. The predicted molar refractivity (Wildman–Crippen MR) is 86.9 cm³/mol. The summed E-state index contributed by atoms with van der Waals surface area (Å²) in [5, 5.41) is 3.39. The maximum absolute atomic E-state index is 5.25. The van der Waals surface area contributed by atoms with E-state index in [1.54, 1.807) is 7.11 Å². The van der Waals surface area contributed by atoms with E-state index < -0.39 is 0 Å². The summed E-state index contributed by atoms with van der Waals surface area (Å²) in [7, 11) is 1.67. The lowest BCUT2D eigenvalue weighted by Crippen LogP contribution is -2.00. The van der Waals surface area contributed by atoms with E-state index in [1.807, 2.05) is 18.2 Å². The lowest BCUT2D eigenvalue weighted by molar-refractivity contribution is 0.414. The van der Waals surface area contributed by atoms with Gasteiger partial charge in [0, 0.05) is 27.2 Å². The number of hydrogen-bond acceptors (Lipinski definition) is 2. The molecule has 0 unspecified atom stereocenters. The lowest BCUT2D eigenvalue weighted by Gasteiger charge is -2.10. The van der Waals surface area contributed by atoms with Crippen LogP contribution in [0.4, 0.5) is 5.69 Å². The quantitative estimate of drug-likeness (QED) is 0.787. The number of anilines is 1.